The number of rotatable bonds is 4. The van der Waals surface area contributed by atoms with Crippen LogP contribution in [0, 0.1) is 19.3 Å². The summed E-state index contributed by atoms with van der Waals surface area (Å²) in [6.07, 6.45) is 5.35. The summed E-state index contributed by atoms with van der Waals surface area (Å²) in [6, 6.07) is 1.76. The van der Waals surface area contributed by atoms with Gasteiger partial charge in [0.25, 0.3) is 0 Å². The van der Waals surface area contributed by atoms with E-state index in [0.29, 0.717) is 11.8 Å². The number of terminal acetylenes is 1. The number of hydrogen-bond donors (Lipinski definition) is 1. The molecule has 0 aliphatic rings. The second-order valence-electron chi connectivity index (χ2n) is 3.96. The molecule has 0 radical (unpaired) electrons. The fourth-order valence-corrected chi connectivity index (χ4v) is 1.12. The third-order valence-corrected chi connectivity index (χ3v) is 1.87. The van der Waals surface area contributed by atoms with E-state index >= 15 is 0 Å². The zero-order chi connectivity index (χ0) is 12.2. The quantitative estimate of drug-likeness (QED) is 0.787. The first-order chi connectivity index (χ1) is 7.46. The number of aromatic nitrogens is 2. The van der Waals surface area contributed by atoms with Crippen LogP contribution in [0.4, 0.5) is 5.95 Å². The molecule has 0 atom stereocenters. The van der Waals surface area contributed by atoms with E-state index < -0.39 is 5.60 Å². The van der Waals surface area contributed by atoms with Gasteiger partial charge in [-0.25, -0.2) is 4.98 Å². The average Bonchev–Trinajstić information content (AvgIpc) is 2.16. The first-order valence-electron chi connectivity index (χ1n) is 5.23. The van der Waals surface area contributed by atoms with Crippen molar-refractivity contribution in [3.05, 3.63) is 11.8 Å². The number of nitrogens with one attached hydrogen (secondary N) is 1. The molecule has 4 heteroatoms. The number of aryl methyl sites for hydroxylation is 1. The highest BCUT2D eigenvalue weighted by atomic mass is 16.5. The van der Waals surface area contributed by atoms with E-state index in [2.05, 4.69) is 21.2 Å². The molecule has 0 unspecified atom stereocenters. The first-order valence-corrected chi connectivity index (χ1v) is 5.23. The van der Waals surface area contributed by atoms with Crippen molar-refractivity contribution in [1.82, 2.24) is 9.97 Å². The number of anilines is 1. The molecule has 86 valence electrons. The van der Waals surface area contributed by atoms with Crippen LogP contribution in [-0.2, 0) is 0 Å². The fraction of sp³-hybridized carbons (Fsp3) is 0.500. The minimum absolute atomic E-state index is 0.492. The number of nitrogens with zero attached hydrogens (tertiary/aromatic N) is 2. The van der Waals surface area contributed by atoms with Gasteiger partial charge in [0.15, 0.2) is 5.60 Å². The Morgan fingerprint density at radius 3 is 2.75 bits per heavy atom. The molecule has 1 heterocycles. The number of ether oxygens (including phenoxy) is 1. The lowest BCUT2D eigenvalue weighted by molar-refractivity contribution is 0.164. The van der Waals surface area contributed by atoms with Crippen molar-refractivity contribution in [3.63, 3.8) is 0 Å². The van der Waals surface area contributed by atoms with Gasteiger partial charge in [-0.3, -0.25) is 0 Å². The first kappa shape index (κ1) is 12.3. The zero-order valence-corrected chi connectivity index (χ0v) is 10.2. The van der Waals surface area contributed by atoms with Crippen molar-refractivity contribution < 1.29 is 4.74 Å². The molecule has 16 heavy (non-hydrogen) atoms. The highest BCUT2D eigenvalue weighted by Gasteiger charge is 2.17. The molecular weight excluding hydrogens is 202 g/mol. The Labute approximate surface area is 96.5 Å². The van der Waals surface area contributed by atoms with Crippen LogP contribution in [0.25, 0.3) is 0 Å². The normalized spacial score (nSPS) is 10.7. The standard InChI is InChI=1S/C12H17N3O/c1-6-12(4,5)16-10-8-9(3)14-11(15-10)13-7-2/h1,8H,7H2,2-5H3,(H,13,14,15). The second-order valence-corrected chi connectivity index (χ2v) is 3.96. The van der Waals surface area contributed by atoms with Gasteiger partial charge in [0.05, 0.1) is 0 Å². The van der Waals surface area contributed by atoms with Gasteiger partial charge >= 0.3 is 0 Å². The van der Waals surface area contributed by atoms with Crippen LogP contribution < -0.4 is 10.1 Å². The molecule has 0 aromatic carbocycles. The van der Waals surface area contributed by atoms with Crippen LogP contribution >= 0.6 is 0 Å². The fourth-order valence-electron chi connectivity index (χ4n) is 1.12. The lowest BCUT2D eigenvalue weighted by atomic mass is 10.1. The minimum Gasteiger partial charge on any atom is -0.458 e. The summed E-state index contributed by atoms with van der Waals surface area (Å²) in [6.45, 7) is 8.27. The molecule has 0 spiro atoms. The van der Waals surface area contributed by atoms with E-state index in [1.165, 1.54) is 0 Å². The molecule has 0 bridgehead atoms. The Hall–Kier alpha value is -1.76. The van der Waals surface area contributed by atoms with E-state index in [-0.39, 0.29) is 0 Å². The number of hydrogen-bond acceptors (Lipinski definition) is 4. The molecule has 4 nitrogen and oxygen atoms in total. The monoisotopic (exact) mass is 219 g/mol. The average molecular weight is 219 g/mol. The summed E-state index contributed by atoms with van der Waals surface area (Å²) >= 11 is 0. The smallest absolute Gasteiger partial charge is 0.226 e. The van der Waals surface area contributed by atoms with Gasteiger partial charge in [0.2, 0.25) is 11.8 Å². The van der Waals surface area contributed by atoms with Gasteiger partial charge in [0, 0.05) is 18.3 Å². The van der Waals surface area contributed by atoms with Crippen molar-refractivity contribution in [2.45, 2.75) is 33.3 Å². The Balaban J connectivity index is 2.93. The molecule has 0 saturated heterocycles. The Kier molecular flexibility index (Phi) is 3.73. The molecule has 0 fully saturated rings. The third kappa shape index (κ3) is 3.43. The molecule has 0 aliphatic heterocycles. The summed E-state index contributed by atoms with van der Waals surface area (Å²) in [5.74, 6) is 3.61. The van der Waals surface area contributed by atoms with E-state index in [1.807, 2.05) is 27.7 Å². The Bertz CT molecular complexity index is 407. The summed E-state index contributed by atoms with van der Waals surface area (Å²) in [4.78, 5) is 8.44. The molecule has 1 aromatic heterocycles. The molecule has 1 aromatic rings. The van der Waals surface area contributed by atoms with Gasteiger partial charge in [-0.05, 0) is 27.7 Å². The maximum Gasteiger partial charge on any atom is 0.226 e. The molecule has 1 rings (SSSR count). The van der Waals surface area contributed by atoms with Gasteiger partial charge < -0.3 is 10.1 Å². The van der Waals surface area contributed by atoms with Crippen LogP contribution in [0.2, 0.25) is 0 Å². The summed E-state index contributed by atoms with van der Waals surface area (Å²) < 4.78 is 5.59. The SMILES string of the molecule is C#CC(C)(C)Oc1cc(C)nc(NCC)n1. The van der Waals surface area contributed by atoms with Crippen LogP contribution in [-0.4, -0.2) is 22.1 Å². The highest BCUT2D eigenvalue weighted by molar-refractivity contribution is 5.31. The van der Waals surface area contributed by atoms with E-state index in [1.54, 1.807) is 6.07 Å². The van der Waals surface area contributed by atoms with Gasteiger partial charge in [0.1, 0.15) is 0 Å². The van der Waals surface area contributed by atoms with Crippen LogP contribution in [0.15, 0.2) is 6.07 Å². The summed E-state index contributed by atoms with van der Waals surface area (Å²) in [7, 11) is 0. The van der Waals surface area contributed by atoms with Crippen LogP contribution in [0.1, 0.15) is 26.5 Å². The van der Waals surface area contributed by atoms with Gasteiger partial charge in [-0.2, -0.15) is 4.98 Å². The topological polar surface area (TPSA) is 47.0 Å². The van der Waals surface area contributed by atoms with Gasteiger partial charge in [-0.15, -0.1) is 6.42 Å². The third-order valence-electron chi connectivity index (χ3n) is 1.87. The molecular formula is C12H17N3O. The van der Waals surface area contributed by atoms with Crippen molar-refractivity contribution in [3.8, 4) is 18.2 Å². The van der Waals surface area contributed by atoms with E-state index in [4.69, 9.17) is 11.2 Å². The summed E-state index contributed by atoms with van der Waals surface area (Å²) in [5, 5.41) is 3.04. The summed E-state index contributed by atoms with van der Waals surface area (Å²) in [5.41, 5.74) is 0.179. The predicted molar refractivity (Wildman–Crippen MR) is 64.5 cm³/mol. The van der Waals surface area contributed by atoms with Crippen molar-refractivity contribution in [2.24, 2.45) is 0 Å². The zero-order valence-electron chi connectivity index (χ0n) is 10.2. The molecule has 0 amide bonds. The van der Waals surface area contributed by atoms with Crippen LogP contribution in [0.3, 0.4) is 0 Å². The Morgan fingerprint density at radius 1 is 1.50 bits per heavy atom. The van der Waals surface area contributed by atoms with Crippen molar-refractivity contribution in [1.29, 1.82) is 0 Å². The van der Waals surface area contributed by atoms with E-state index in [9.17, 15) is 0 Å². The lowest BCUT2D eigenvalue weighted by Crippen LogP contribution is -2.26. The van der Waals surface area contributed by atoms with Crippen molar-refractivity contribution in [2.75, 3.05) is 11.9 Å². The second kappa shape index (κ2) is 4.84. The Morgan fingerprint density at radius 2 is 2.19 bits per heavy atom. The predicted octanol–water partition coefficient (Wildman–Crippen LogP) is 2.01. The largest absolute Gasteiger partial charge is 0.458 e. The maximum absolute atomic E-state index is 5.59. The molecule has 0 aliphatic carbocycles. The maximum atomic E-state index is 5.59. The van der Waals surface area contributed by atoms with Crippen molar-refractivity contribution >= 4 is 5.95 Å². The van der Waals surface area contributed by atoms with E-state index in [0.717, 1.165) is 12.2 Å². The lowest BCUT2D eigenvalue weighted by Gasteiger charge is -2.19. The minimum atomic E-state index is -0.662. The van der Waals surface area contributed by atoms with Crippen LogP contribution in [0.5, 0.6) is 5.88 Å². The molecule has 0 saturated carbocycles. The highest BCUT2D eigenvalue weighted by Crippen LogP contribution is 2.17. The van der Waals surface area contributed by atoms with Gasteiger partial charge in [-0.1, -0.05) is 5.92 Å². The molecule has 1 N–H and O–H groups in total.